The molecule has 0 aliphatic carbocycles. The summed E-state index contributed by atoms with van der Waals surface area (Å²) in [4.78, 5) is 0. The third kappa shape index (κ3) is 7.72. The number of ether oxygens (including phenoxy) is 1. The van der Waals surface area contributed by atoms with Crippen LogP contribution < -0.4 is 4.74 Å². The molecular weight excluding hydrogens is 352 g/mol. The van der Waals surface area contributed by atoms with Gasteiger partial charge in [-0.2, -0.15) is 0 Å². The van der Waals surface area contributed by atoms with Crippen molar-refractivity contribution in [2.24, 2.45) is 0 Å². The molecule has 1 nitrogen and oxygen atoms in total. The fourth-order valence-electron chi connectivity index (χ4n) is 3.06. The Morgan fingerprint density at radius 2 is 1.55 bits per heavy atom. The fourth-order valence-corrected chi connectivity index (χ4v) is 3.06. The van der Waals surface area contributed by atoms with Crippen LogP contribution in [0.4, 0.5) is 0 Å². The summed E-state index contributed by atoms with van der Waals surface area (Å²) in [5.74, 6) is 1.06. The molecule has 0 bridgehead atoms. The van der Waals surface area contributed by atoms with Gasteiger partial charge in [-0.3, -0.25) is 0 Å². The minimum atomic E-state index is 0.00142. The predicted molar refractivity (Wildman–Crippen MR) is 131 cm³/mol. The average Bonchev–Trinajstić information content (AvgIpc) is 2.62. The van der Waals surface area contributed by atoms with Crippen molar-refractivity contribution in [2.45, 2.75) is 86.0 Å². The highest BCUT2D eigenvalue weighted by Crippen LogP contribution is 2.42. The monoisotopic (exact) mass is 394 g/mol. The molecule has 1 aromatic carbocycles. The highest BCUT2D eigenvalue weighted by atomic mass is 16.5. The molecule has 0 unspecified atom stereocenters. The lowest BCUT2D eigenvalue weighted by molar-refractivity contribution is 0.295. The van der Waals surface area contributed by atoms with Gasteiger partial charge in [-0.25, -0.2) is 0 Å². The number of hydrogen-bond donors (Lipinski definition) is 0. The van der Waals surface area contributed by atoms with Crippen LogP contribution in [-0.2, 0) is 10.8 Å². The normalized spacial score (nSPS) is 13.8. The second kappa shape index (κ2) is 10.7. The summed E-state index contributed by atoms with van der Waals surface area (Å²) in [6, 6.07) is 4.64. The molecule has 1 rings (SSSR count). The van der Waals surface area contributed by atoms with Gasteiger partial charge in [0.2, 0.25) is 0 Å². The molecule has 0 fully saturated rings. The van der Waals surface area contributed by atoms with E-state index in [9.17, 15) is 0 Å². The van der Waals surface area contributed by atoms with Gasteiger partial charge < -0.3 is 4.74 Å². The highest BCUT2D eigenvalue weighted by molar-refractivity contribution is 5.69. The van der Waals surface area contributed by atoms with Crippen molar-refractivity contribution in [1.82, 2.24) is 0 Å². The summed E-state index contributed by atoms with van der Waals surface area (Å²) in [6.45, 7) is 24.5. The molecular formula is C28H42O. The van der Waals surface area contributed by atoms with Gasteiger partial charge in [0.25, 0.3) is 0 Å². The Labute approximate surface area is 180 Å². The molecule has 0 N–H and O–H groups in total. The van der Waals surface area contributed by atoms with E-state index < -0.39 is 0 Å². The highest BCUT2D eigenvalue weighted by Gasteiger charge is 2.28. The van der Waals surface area contributed by atoms with Crippen molar-refractivity contribution < 1.29 is 4.74 Å². The minimum absolute atomic E-state index is 0.00142. The molecule has 0 amide bonds. The first-order valence-electron chi connectivity index (χ1n) is 10.8. The molecule has 0 spiro atoms. The van der Waals surface area contributed by atoms with Crippen molar-refractivity contribution in [3.63, 3.8) is 0 Å². The first kappa shape index (κ1) is 25.0. The molecule has 29 heavy (non-hydrogen) atoms. The Kier molecular flexibility index (Phi) is 9.20. The number of hydrogen-bond acceptors (Lipinski definition) is 1. The lowest BCUT2D eigenvalue weighted by Gasteiger charge is -2.31. The lowest BCUT2D eigenvalue weighted by Crippen LogP contribution is -2.20. The number of allylic oxidation sites excluding steroid dienone is 7. The predicted octanol–water partition coefficient (Wildman–Crippen LogP) is 8.55. The van der Waals surface area contributed by atoms with Crippen molar-refractivity contribution in [3.05, 3.63) is 71.4 Å². The van der Waals surface area contributed by atoms with Crippen LogP contribution in [0, 0.1) is 0 Å². The van der Waals surface area contributed by atoms with Crippen LogP contribution in [0.1, 0.15) is 91.8 Å². The largest absolute Gasteiger partial charge is 0.493 e. The molecule has 0 saturated carbocycles. The van der Waals surface area contributed by atoms with Gasteiger partial charge in [0.05, 0.1) is 6.61 Å². The van der Waals surface area contributed by atoms with Crippen LogP contribution in [0.2, 0.25) is 0 Å². The van der Waals surface area contributed by atoms with E-state index in [1.165, 1.54) is 27.8 Å². The molecule has 1 aromatic rings. The third-order valence-corrected chi connectivity index (χ3v) is 5.12. The van der Waals surface area contributed by atoms with Crippen molar-refractivity contribution in [2.75, 3.05) is 6.61 Å². The van der Waals surface area contributed by atoms with Crippen molar-refractivity contribution >= 4 is 5.57 Å². The van der Waals surface area contributed by atoms with E-state index in [-0.39, 0.29) is 10.8 Å². The van der Waals surface area contributed by atoms with Gasteiger partial charge in [0.1, 0.15) is 5.75 Å². The average molecular weight is 395 g/mol. The summed E-state index contributed by atoms with van der Waals surface area (Å²) >= 11 is 0. The topological polar surface area (TPSA) is 9.23 Å². The second-order valence-corrected chi connectivity index (χ2v) is 9.92. The lowest BCUT2D eigenvalue weighted by atomic mass is 9.77. The van der Waals surface area contributed by atoms with E-state index in [0.29, 0.717) is 0 Å². The van der Waals surface area contributed by atoms with Crippen molar-refractivity contribution in [3.8, 4) is 5.75 Å². The zero-order valence-corrected chi connectivity index (χ0v) is 20.3. The Morgan fingerprint density at radius 3 is 2.00 bits per heavy atom. The number of rotatable bonds is 8. The minimum Gasteiger partial charge on any atom is -0.493 e. The van der Waals surface area contributed by atoms with Crippen molar-refractivity contribution in [1.29, 1.82) is 0 Å². The summed E-state index contributed by atoms with van der Waals surface area (Å²) < 4.78 is 6.40. The van der Waals surface area contributed by atoms with E-state index in [1.54, 1.807) is 0 Å². The third-order valence-electron chi connectivity index (χ3n) is 5.12. The molecule has 0 radical (unpaired) electrons. The van der Waals surface area contributed by atoms with Gasteiger partial charge in [-0.15, -0.1) is 6.58 Å². The second-order valence-electron chi connectivity index (χ2n) is 9.92. The van der Waals surface area contributed by atoms with Gasteiger partial charge >= 0.3 is 0 Å². The van der Waals surface area contributed by atoms with Crippen LogP contribution in [0.15, 0.2) is 54.7 Å². The quantitative estimate of drug-likeness (QED) is 0.244. The molecule has 1 heteroatoms. The summed E-state index contributed by atoms with van der Waals surface area (Å²) in [6.07, 6.45) is 12.5. The van der Waals surface area contributed by atoms with Gasteiger partial charge in [0.15, 0.2) is 0 Å². The Balaban J connectivity index is 3.53. The first-order chi connectivity index (χ1) is 13.4. The van der Waals surface area contributed by atoms with Crippen LogP contribution in [0.3, 0.4) is 0 Å². The van der Waals surface area contributed by atoms with Crippen LogP contribution >= 0.6 is 0 Å². The van der Waals surface area contributed by atoms with E-state index in [1.807, 2.05) is 6.08 Å². The Hall–Kier alpha value is -2.02. The van der Waals surface area contributed by atoms with E-state index >= 15 is 0 Å². The van der Waals surface area contributed by atoms with Gasteiger partial charge in [-0.1, -0.05) is 77.5 Å². The summed E-state index contributed by atoms with van der Waals surface area (Å²) in [5.41, 5.74) is 6.35. The number of unbranched alkanes of at least 4 members (excludes halogenated alkanes) is 1. The first-order valence-corrected chi connectivity index (χ1v) is 10.8. The number of benzene rings is 1. The molecule has 0 aliphatic heterocycles. The van der Waals surface area contributed by atoms with Crippen LogP contribution in [0.25, 0.3) is 5.57 Å². The molecule has 160 valence electrons. The zero-order valence-electron chi connectivity index (χ0n) is 20.3. The molecule has 0 aliphatic rings. The van der Waals surface area contributed by atoms with Crippen LogP contribution in [-0.4, -0.2) is 6.61 Å². The van der Waals surface area contributed by atoms with Gasteiger partial charge in [-0.05, 0) is 67.7 Å². The Bertz CT molecular complexity index is 739. The van der Waals surface area contributed by atoms with E-state index in [2.05, 4.69) is 105 Å². The maximum absolute atomic E-state index is 6.40. The van der Waals surface area contributed by atoms with E-state index in [0.717, 1.165) is 25.2 Å². The smallest absolute Gasteiger partial charge is 0.126 e. The standard InChI is InChI=1S/C28H42O/c1-11-13-14-18-29-26-24(27(5,6)7)19-23(20-25(26)28(8,9)10)22(4)17-15-16-21(3)12-2/h11-12,15-17,19-20H,1,13-14,18H2,2-10H3/b16-15+,21-12+,22-17+. The molecule has 0 atom stereocenters. The zero-order chi connectivity index (χ0) is 22.2. The SMILES string of the molecule is C=CCCCOc1c(C(C)(C)C)cc(/C(C)=C/C=C/C(C)=C/C)cc1C(C)(C)C. The summed E-state index contributed by atoms with van der Waals surface area (Å²) in [5, 5.41) is 0. The molecule has 0 aromatic heterocycles. The molecule has 0 saturated heterocycles. The molecule has 0 heterocycles. The Morgan fingerprint density at radius 1 is 1.00 bits per heavy atom. The van der Waals surface area contributed by atoms with Crippen LogP contribution in [0.5, 0.6) is 5.75 Å². The van der Waals surface area contributed by atoms with E-state index in [4.69, 9.17) is 4.74 Å². The van der Waals surface area contributed by atoms with Gasteiger partial charge in [0, 0.05) is 11.1 Å². The maximum Gasteiger partial charge on any atom is 0.126 e. The maximum atomic E-state index is 6.40. The summed E-state index contributed by atoms with van der Waals surface area (Å²) in [7, 11) is 0. The fraction of sp³-hybridized carbons (Fsp3) is 0.500.